The van der Waals surface area contributed by atoms with Crippen LogP contribution in [0.25, 0.3) is 0 Å². The second kappa shape index (κ2) is 11.4. The fraction of sp³-hybridized carbons (Fsp3) is 0.682. The predicted octanol–water partition coefficient (Wildman–Crippen LogP) is 3.11. The molecule has 1 aromatic rings. The minimum absolute atomic E-state index is 0. The molecule has 2 unspecified atom stereocenters. The first-order chi connectivity index (χ1) is 13.0. The van der Waals surface area contributed by atoms with Crippen molar-refractivity contribution >= 4 is 29.9 Å². The standard InChI is InChI=1S/C22H37N5.HI/c1-18-13-19(2)16-27(15-18)22(23-3)24-14-20-5-7-21(8-6-20)17-26-11-9-25(4)10-12-26;/h5-8,18-19H,9-17H2,1-4H3,(H,23,24);1H. The average molecular weight is 499 g/mol. The molecule has 1 aromatic carbocycles. The fourth-order valence-electron chi connectivity index (χ4n) is 4.38. The molecule has 0 amide bonds. The van der Waals surface area contributed by atoms with Crippen LogP contribution in [0.15, 0.2) is 29.3 Å². The highest BCUT2D eigenvalue weighted by Gasteiger charge is 2.23. The van der Waals surface area contributed by atoms with Gasteiger partial charge in [0.2, 0.25) is 0 Å². The van der Waals surface area contributed by atoms with Gasteiger partial charge >= 0.3 is 0 Å². The van der Waals surface area contributed by atoms with Crippen LogP contribution < -0.4 is 5.32 Å². The lowest BCUT2D eigenvalue weighted by Crippen LogP contribution is -2.48. The molecule has 28 heavy (non-hydrogen) atoms. The smallest absolute Gasteiger partial charge is 0.193 e. The molecule has 2 aliphatic rings. The number of likely N-dealkylation sites (N-methyl/N-ethyl adjacent to an activating group) is 1. The summed E-state index contributed by atoms with van der Waals surface area (Å²) in [5.41, 5.74) is 2.72. The number of rotatable bonds is 4. The number of piperazine rings is 1. The number of hydrogen-bond donors (Lipinski definition) is 1. The Labute approximate surface area is 188 Å². The maximum atomic E-state index is 4.52. The zero-order valence-electron chi connectivity index (χ0n) is 18.0. The van der Waals surface area contributed by atoms with Crippen LogP contribution in [-0.4, -0.2) is 74.0 Å². The molecule has 1 N–H and O–H groups in total. The van der Waals surface area contributed by atoms with Gasteiger partial charge < -0.3 is 15.1 Å². The Morgan fingerprint density at radius 2 is 1.57 bits per heavy atom. The molecule has 0 aliphatic carbocycles. The number of benzene rings is 1. The number of nitrogens with one attached hydrogen (secondary N) is 1. The Kier molecular flexibility index (Phi) is 9.50. The molecule has 158 valence electrons. The first kappa shape index (κ1) is 23.4. The van der Waals surface area contributed by atoms with E-state index in [9.17, 15) is 0 Å². The topological polar surface area (TPSA) is 34.1 Å². The first-order valence-corrected chi connectivity index (χ1v) is 10.5. The third-order valence-corrected chi connectivity index (χ3v) is 5.86. The van der Waals surface area contributed by atoms with Crippen LogP contribution in [0.4, 0.5) is 0 Å². The van der Waals surface area contributed by atoms with E-state index in [0.29, 0.717) is 0 Å². The normalized spacial score (nSPS) is 24.7. The van der Waals surface area contributed by atoms with Gasteiger partial charge in [-0.15, -0.1) is 24.0 Å². The zero-order chi connectivity index (χ0) is 19.2. The third kappa shape index (κ3) is 6.88. The monoisotopic (exact) mass is 499 g/mol. The van der Waals surface area contributed by atoms with Gasteiger partial charge in [0, 0.05) is 59.4 Å². The van der Waals surface area contributed by atoms with Crippen LogP contribution in [0.1, 0.15) is 31.4 Å². The van der Waals surface area contributed by atoms with Crippen molar-refractivity contribution in [3.8, 4) is 0 Å². The summed E-state index contributed by atoms with van der Waals surface area (Å²) >= 11 is 0. The number of likely N-dealkylation sites (tertiary alicyclic amines) is 1. The van der Waals surface area contributed by atoms with E-state index in [4.69, 9.17) is 0 Å². The van der Waals surface area contributed by atoms with Crippen molar-refractivity contribution in [2.75, 3.05) is 53.4 Å². The number of hydrogen-bond acceptors (Lipinski definition) is 3. The van der Waals surface area contributed by atoms with E-state index < -0.39 is 0 Å². The molecule has 2 fully saturated rings. The molecule has 2 saturated heterocycles. The summed E-state index contributed by atoms with van der Waals surface area (Å²) in [5.74, 6) is 2.51. The molecular formula is C22H38IN5. The Balaban J connectivity index is 0.00000280. The van der Waals surface area contributed by atoms with Crippen LogP contribution in [-0.2, 0) is 13.1 Å². The summed E-state index contributed by atoms with van der Waals surface area (Å²) in [4.78, 5) is 11.9. The average Bonchev–Trinajstić information content (AvgIpc) is 2.65. The lowest BCUT2D eigenvalue weighted by atomic mass is 9.92. The maximum absolute atomic E-state index is 4.52. The second-order valence-electron chi connectivity index (χ2n) is 8.65. The van der Waals surface area contributed by atoms with Crippen molar-refractivity contribution in [3.63, 3.8) is 0 Å². The van der Waals surface area contributed by atoms with Gasteiger partial charge in [-0.25, -0.2) is 0 Å². The largest absolute Gasteiger partial charge is 0.352 e. The van der Waals surface area contributed by atoms with Gasteiger partial charge in [0.15, 0.2) is 5.96 Å². The molecule has 0 saturated carbocycles. The van der Waals surface area contributed by atoms with Gasteiger partial charge in [-0.2, -0.15) is 0 Å². The van der Waals surface area contributed by atoms with E-state index in [1.54, 1.807) is 0 Å². The lowest BCUT2D eigenvalue weighted by Gasteiger charge is -2.37. The molecule has 2 atom stereocenters. The highest BCUT2D eigenvalue weighted by atomic mass is 127. The van der Waals surface area contributed by atoms with Gasteiger partial charge in [0.05, 0.1) is 0 Å². The molecule has 0 bridgehead atoms. The summed E-state index contributed by atoms with van der Waals surface area (Å²) in [6, 6.07) is 9.08. The van der Waals surface area contributed by atoms with Crippen molar-refractivity contribution in [2.45, 2.75) is 33.4 Å². The third-order valence-electron chi connectivity index (χ3n) is 5.86. The molecule has 3 rings (SSSR count). The first-order valence-electron chi connectivity index (χ1n) is 10.5. The molecule has 0 radical (unpaired) electrons. The molecule has 0 spiro atoms. The van der Waals surface area contributed by atoms with E-state index >= 15 is 0 Å². The zero-order valence-corrected chi connectivity index (χ0v) is 20.4. The van der Waals surface area contributed by atoms with Gasteiger partial charge in [0.1, 0.15) is 0 Å². The lowest BCUT2D eigenvalue weighted by molar-refractivity contribution is 0.148. The van der Waals surface area contributed by atoms with Gasteiger partial charge in [-0.3, -0.25) is 9.89 Å². The Morgan fingerprint density at radius 1 is 1.00 bits per heavy atom. The Morgan fingerprint density at radius 3 is 2.14 bits per heavy atom. The van der Waals surface area contributed by atoms with Crippen molar-refractivity contribution in [3.05, 3.63) is 35.4 Å². The van der Waals surface area contributed by atoms with Crippen LogP contribution in [0.5, 0.6) is 0 Å². The van der Waals surface area contributed by atoms with Crippen LogP contribution >= 0.6 is 24.0 Å². The number of aliphatic imine (C=N–C) groups is 1. The SMILES string of the molecule is CN=C(NCc1ccc(CN2CCN(C)CC2)cc1)N1CC(C)CC(C)C1.I. The summed E-state index contributed by atoms with van der Waals surface area (Å²) in [5, 5.41) is 3.56. The molecular weight excluding hydrogens is 461 g/mol. The summed E-state index contributed by atoms with van der Waals surface area (Å²) < 4.78 is 0. The van der Waals surface area contributed by atoms with Gasteiger partial charge in [0.25, 0.3) is 0 Å². The summed E-state index contributed by atoms with van der Waals surface area (Å²) in [7, 11) is 4.10. The van der Waals surface area contributed by atoms with E-state index in [2.05, 4.69) is 70.2 Å². The van der Waals surface area contributed by atoms with E-state index in [-0.39, 0.29) is 24.0 Å². The maximum Gasteiger partial charge on any atom is 0.193 e. The predicted molar refractivity (Wildman–Crippen MR) is 129 cm³/mol. The minimum Gasteiger partial charge on any atom is -0.352 e. The van der Waals surface area contributed by atoms with Crippen molar-refractivity contribution in [1.29, 1.82) is 0 Å². The Hall–Kier alpha value is -0.860. The van der Waals surface area contributed by atoms with E-state index in [0.717, 1.165) is 44.0 Å². The van der Waals surface area contributed by atoms with Crippen LogP contribution in [0, 0.1) is 11.8 Å². The number of nitrogens with zero attached hydrogens (tertiary/aromatic N) is 4. The second-order valence-corrected chi connectivity index (χ2v) is 8.65. The van der Waals surface area contributed by atoms with Crippen LogP contribution in [0.3, 0.4) is 0 Å². The summed E-state index contributed by atoms with van der Waals surface area (Å²) in [6.07, 6.45) is 1.32. The molecule has 5 nitrogen and oxygen atoms in total. The quantitative estimate of drug-likeness (QED) is 0.392. The minimum atomic E-state index is 0. The van der Waals surface area contributed by atoms with Crippen LogP contribution in [0.2, 0.25) is 0 Å². The molecule has 2 aliphatic heterocycles. The highest BCUT2D eigenvalue weighted by molar-refractivity contribution is 14.0. The van der Waals surface area contributed by atoms with E-state index in [1.807, 2.05) is 7.05 Å². The van der Waals surface area contributed by atoms with Crippen molar-refractivity contribution in [2.24, 2.45) is 16.8 Å². The summed E-state index contributed by atoms with van der Waals surface area (Å²) in [6.45, 7) is 13.5. The van der Waals surface area contributed by atoms with Crippen molar-refractivity contribution < 1.29 is 0 Å². The molecule has 0 aromatic heterocycles. The van der Waals surface area contributed by atoms with Gasteiger partial charge in [-0.05, 0) is 36.4 Å². The highest BCUT2D eigenvalue weighted by Crippen LogP contribution is 2.21. The van der Waals surface area contributed by atoms with Gasteiger partial charge in [-0.1, -0.05) is 38.1 Å². The molecule has 6 heteroatoms. The Bertz CT molecular complexity index is 600. The number of halogens is 1. The fourth-order valence-corrected chi connectivity index (χ4v) is 4.38. The number of piperidine rings is 1. The molecule has 2 heterocycles. The van der Waals surface area contributed by atoms with Crippen molar-refractivity contribution in [1.82, 2.24) is 20.0 Å². The van der Waals surface area contributed by atoms with E-state index in [1.165, 1.54) is 43.7 Å². The number of guanidine groups is 1.